The van der Waals surface area contributed by atoms with E-state index in [-0.39, 0.29) is 33.4 Å². The molecule has 0 fully saturated rings. The van der Waals surface area contributed by atoms with Crippen LogP contribution in [0.15, 0.2) is 17.0 Å². The van der Waals surface area contributed by atoms with Crippen LogP contribution in [-0.2, 0) is 32.4 Å². The minimum absolute atomic E-state index is 0. The van der Waals surface area contributed by atoms with Crippen LogP contribution in [0.3, 0.4) is 0 Å². The summed E-state index contributed by atoms with van der Waals surface area (Å²) in [5.74, 6) is 0. The molecule has 2 aromatic rings. The van der Waals surface area contributed by atoms with E-state index in [4.69, 9.17) is 5.14 Å². The Hall–Kier alpha value is -1.33. The van der Waals surface area contributed by atoms with Gasteiger partial charge in [0.2, 0.25) is 10.0 Å². The summed E-state index contributed by atoms with van der Waals surface area (Å²) in [6.07, 6.45) is 0. The van der Waals surface area contributed by atoms with Crippen LogP contribution in [0.25, 0.3) is 11.0 Å². The van der Waals surface area contributed by atoms with Crippen molar-refractivity contribution in [3.05, 3.63) is 22.2 Å². The molecule has 0 aliphatic rings. The van der Waals surface area contributed by atoms with Crippen molar-refractivity contribution in [2.24, 2.45) is 5.14 Å². The summed E-state index contributed by atoms with van der Waals surface area (Å²) in [5, 5.41) is 24.7. The zero-order valence-electron chi connectivity index (χ0n) is 7.92. The van der Waals surface area contributed by atoms with E-state index >= 15 is 0 Å². The number of H-pyrrole nitrogens is 1. The van der Waals surface area contributed by atoms with Gasteiger partial charge in [-0.05, 0) is 0 Å². The van der Waals surface area contributed by atoms with Crippen LogP contribution >= 0.6 is 0 Å². The number of hydrogen-bond acceptors (Lipinski definition) is 6. The van der Waals surface area contributed by atoms with Crippen LogP contribution in [0.4, 0.5) is 5.69 Å². The molecule has 0 amide bonds. The first kappa shape index (κ1) is 13.7. The molecule has 17 heavy (non-hydrogen) atoms. The maximum absolute atomic E-state index is 11.2. The molecule has 0 aliphatic carbocycles. The van der Waals surface area contributed by atoms with E-state index < -0.39 is 25.5 Å². The number of sulfonamides is 1. The SMILES string of the molecule is NS(=O)(=O)c1cc([N+](=O)[O-])cc2[nH]nnc12.[Ag]. The second-order valence-electron chi connectivity index (χ2n) is 2.95. The molecule has 0 spiro atoms. The molecular formula is C6H5AgN5O4S. The van der Waals surface area contributed by atoms with Crippen molar-refractivity contribution in [3.63, 3.8) is 0 Å². The molecule has 0 aliphatic heterocycles. The number of nitrogens with one attached hydrogen (secondary N) is 1. The Labute approximate surface area is 110 Å². The van der Waals surface area contributed by atoms with Crippen LogP contribution in [0, 0.1) is 10.1 Å². The van der Waals surface area contributed by atoms with E-state index in [0.717, 1.165) is 12.1 Å². The van der Waals surface area contributed by atoms with Crippen LogP contribution in [0.2, 0.25) is 0 Å². The van der Waals surface area contributed by atoms with Gasteiger partial charge in [0, 0.05) is 34.5 Å². The van der Waals surface area contributed by atoms with E-state index in [0.29, 0.717) is 0 Å². The summed E-state index contributed by atoms with van der Waals surface area (Å²) in [4.78, 5) is 9.41. The molecule has 0 atom stereocenters. The van der Waals surface area contributed by atoms with Crippen molar-refractivity contribution in [2.75, 3.05) is 0 Å². The van der Waals surface area contributed by atoms with Gasteiger partial charge in [0.1, 0.15) is 10.4 Å². The zero-order valence-corrected chi connectivity index (χ0v) is 10.2. The predicted octanol–water partition coefficient (Wildman–Crippen LogP) is -0.489. The Balaban J connectivity index is 0.00000144. The molecule has 1 heterocycles. The summed E-state index contributed by atoms with van der Waals surface area (Å²) in [5.41, 5.74) is -0.283. The van der Waals surface area contributed by atoms with Gasteiger partial charge in [-0.2, -0.15) is 0 Å². The first-order chi connectivity index (χ1) is 7.39. The molecule has 0 saturated carbocycles. The number of aromatic amines is 1. The summed E-state index contributed by atoms with van der Waals surface area (Å²) >= 11 is 0. The van der Waals surface area contributed by atoms with E-state index in [2.05, 4.69) is 15.4 Å². The van der Waals surface area contributed by atoms with E-state index in [9.17, 15) is 18.5 Å². The maximum atomic E-state index is 11.2. The number of nitrogens with two attached hydrogens (primary N) is 1. The fourth-order valence-corrected chi connectivity index (χ4v) is 1.94. The van der Waals surface area contributed by atoms with Gasteiger partial charge in [-0.1, -0.05) is 5.21 Å². The molecule has 0 bridgehead atoms. The second-order valence-corrected chi connectivity index (χ2v) is 4.48. The van der Waals surface area contributed by atoms with Gasteiger partial charge >= 0.3 is 0 Å². The average Bonchev–Trinajstić information content (AvgIpc) is 2.61. The molecule has 1 aromatic heterocycles. The molecular weight excluding hydrogens is 346 g/mol. The van der Waals surface area contributed by atoms with Gasteiger partial charge in [0.15, 0.2) is 0 Å². The summed E-state index contributed by atoms with van der Waals surface area (Å²) in [6.45, 7) is 0. The monoisotopic (exact) mass is 350 g/mol. The molecule has 11 heteroatoms. The van der Waals surface area contributed by atoms with Crippen molar-refractivity contribution in [3.8, 4) is 0 Å². The molecule has 0 saturated heterocycles. The number of primary sulfonamides is 1. The van der Waals surface area contributed by atoms with Gasteiger partial charge in [-0.15, -0.1) is 5.10 Å². The Morgan fingerprint density at radius 2 is 2.06 bits per heavy atom. The number of nitro groups is 1. The quantitative estimate of drug-likeness (QED) is 0.424. The minimum Gasteiger partial charge on any atom is -0.258 e. The van der Waals surface area contributed by atoms with Crippen LogP contribution in [0.5, 0.6) is 0 Å². The molecule has 3 N–H and O–H groups in total. The zero-order chi connectivity index (χ0) is 11.9. The Bertz CT molecular complexity index is 681. The fraction of sp³-hybridized carbons (Fsp3) is 0. The molecule has 0 unspecified atom stereocenters. The van der Waals surface area contributed by atoms with Gasteiger partial charge in [0.05, 0.1) is 10.4 Å². The molecule has 1 aromatic carbocycles. The second kappa shape index (κ2) is 4.50. The van der Waals surface area contributed by atoms with Crippen molar-refractivity contribution in [2.45, 2.75) is 4.90 Å². The molecule has 9 nitrogen and oxygen atoms in total. The summed E-state index contributed by atoms with van der Waals surface area (Å²) in [6, 6.07) is 1.98. The van der Waals surface area contributed by atoms with E-state index in [1.807, 2.05) is 0 Å². The first-order valence-corrected chi connectivity index (χ1v) is 5.46. The minimum atomic E-state index is -4.08. The van der Waals surface area contributed by atoms with Gasteiger partial charge in [-0.25, -0.2) is 13.6 Å². The van der Waals surface area contributed by atoms with Gasteiger partial charge in [0.25, 0.3) is 5.69 Å². The van der Waals surface area contributed by atoms with Crippen molar-refractivity contribution >= 4 is 26.7 Å². The number of hydrogen-bond donors (Lipinski definition) is 2. The first-order valence-electron chi connectivity index (χ1n) is 3.91. The average molecular weight is 351 g/mol. The number of aromatic nitrogens is 3. The maximum Gasteiger partial charge on any atom is 0.273 e. The Morgan fingerprint density at radius 1 is 1.41 bits per heavy atom. The van der Waals surface area contributed by atoms with Crippen molar-refractivity contribution in [1.29, 1.82) is 0 Å². The number of nitrogens with zero attached hydrogens (tertiary/aromatic N) is 3. The van der Waals surface area contributed by atoms with E-state index in [1.165, 1.54) is 0 Å². The molecule has 1 radical (unpaired) electrons. The number of non-ortho nitro benzene ring substituents is 1. The number of rotatable bonds is 2. The number of nitro benzene ring substituents is 1. The predicted molar refractivity (Wildman–Crippen MR) is 51.9 cm³/mol. The molecule has 95 valence electrons. The third-order valence-electron chi connectivity index (χ3n) is 1.90. The van der Waals surface area contributed by atoms with E-state index in [1.54, 1.807) is 0 Å². The fourth-order valence-electron chi connectivity index (χ4n) is 1.23. The molecule has 2 rings (SSSR count). The largest absolute Gasteiger partial charge is 0.273 e. The summed E-state index contributed by atoms with van der Waals surface area (Å²) in [7, 11) is -4.08. The summed E-state index contributed by atoms with van der Waals surface area (Å²) < 4.78 is 22.4. The normalized spacial score (nSPS) is 11.1. The van der Waals surface area contributed by atoms with Crippen LogP contribution < -0.4 is 5.14 Å². The van der Waals surface area contributed by atoms with Crippen molar-refractivity contribution < 1.29 is 35.7 Å². The van der Waals surface area contributed by atoms with Crippen molar-refractivity contribution in [1.82, 2.24) is 15.4 Å². The van der Waals surface area contributed by atoms with Crippen LogP contribution in [0.1, 0.15) is 0 Å². The van der Waals surface area contributed by atoms with Crippen LogP contribution in [-0.4, -0.2) is 28.8 Å². The third kappa shape index (κ3) is 2.50. The topological polar surface area (TPSA) is 145 Å². The smallest absolute Gasteiger partial charge is 0.258 e. The van der Waals surface area contributed by atoms with Gasteiger partial charge in [-0.3, -0.25) is 15.2 Å². The standard InChI is InChI=1S/C6H5N5O4S.Ag/c7-16(14,15)5-2-3(11(12)13)1-4-6(5)9-10-8-4;/h1-2H,(H2,7,14,15)(H,8,9,10);. The Morgan fingerprint density at radius 3 is 2.59 bits per heavy atom. The third-order valence-corrected chi connectivity index (χ3v) is 2.82. The Kier molecular flexibility index (Phi) is 3.64. The van der Waals surface area contributed by atoms with Gasteiger partial charge < -0.3 is 0 Å². The number of fused-ring (bicyclic) bond motifs is 1. The number of benzene rings is 1.